The highest BCUT2D eigenvalue weighted by Gasteiger charge is 2.05. The lowest BCUT2D eigenvalue weighted by Gasteiger charge is -2.05. The van der Waals surface area contributed by atoms with Gasteiger partial charge in [-0.25, -0.2) is 0 Å². The molecular formula is C14H18N+. The molecule has 78 valence electrons. The molecule has 0 heterocycles. The van der Waals surface area contributed by atoms with Crippen molar-refractivity contribution in [3.63, 3.8) is 0 Å². The predicted octanol–water partition coefficient (Wildman–Crippen LogP) is 1.81. The minimum atomic E-state index is 0.538. The first kappa shape index (κ1) is 10.2. The van der Waals surface area contributed by atoms with Gasteiger partial charge in [-0.05, 0) is 24.1 Å². The summed E-state index contributed by atoms with van der Waals surface area (Å²) in [4.78, 5) is 0. The maximum Gasteiger partial charge on any atom is 0.124 e. The van der Waals surface area contributed by atoms with Gasteiger partial charge < -0.3 is 5.32 Å². The van der Waals surface area contributed by atoms with Crippen molar-refractivity contribution in [2.75, 3.05) is 0 Å². The third-order valence-corrected chi connectivity index (χ3v) is 2.83. The topological polar surface area (TPSA) is 16.6 Å². The molecule has 0 unspecified atom stereocenters. The largest absolute Gasteiger partial charge is 0.334 e. The van der Waals surface area contributed by atoms with Crippen LogP contribution in [0.25, 0.3) is 0 Å². The smallest absolute Gasteiger partial charge is 0.124 e. The van der Waals surface area contributed by atoms with E-state index in [0.29, 0.717) is 6.04 Å². The van der Waals surface area contributed by atoms with Crippen molar-refractivity contribution in [2.24, 2.45) is 0 Å². The first-order valence-corrected chi connectivity index (χ1v) is 5.64. The third kappa shape index (κ3) is 2.80. The van der Waals surface area contributed by atoms with E-state index in [-0.39, 0.29) is 0 Å². The van der Waals surface area contributed by atoms with Gasteiger partial charge in [0.05, 0.1) is 0 Å². The van der Waals surface area contributed by atoms with E-state index in [1.54, 1.807) is 0 Å². The second-order valence-electron chi connectivity index (χ2n) is 3.96. The molecule has 2 rings (SSSR count). The van der Waals surface area contributed by atoms with E-state index in [0.717, 1.165) is 13.0 Å². The van der Waals surface area contributed by atoms with E-state index in [9.17, 15) is 0 Å². The Morgan fingerprint density at radius 2 is 1.60 bits per heavy atom. The fourth-order valence-corrected chi connectivity index (χ4v) is 1.79. The Kier molecular flexibility index (Phi) is 3.36. The SMILES string of the molecule is CCc1ccc(C[NH2+]C2C=CC=C2)cc1. The van der Waals surface area contributed by atoms with Crippen LogP contribution in [0.15, 0.2) is 48.6 Å². The van der Waals surface area contributed by atoms with E-state index < -0.39 is 0 Å². The Morgan fingerprint density at radius 3 is 2.20 bits per heavy atom. The zero-order valence-electron chi connectivity index (χ0n) is 9.19. The molecule has 1 nitrogen and oxygen atoms in total. The van der Waals surface area contributed by atoms with Crippen LogP contribution in [-0.4, -0.2) is 6.04 Å². The van der Waals surface area contributed by atoms with Gasteiger partial charge in [-0.2, -0.15) is 0 Å². The van der Waals surface area contributed by atoms with Gasteiger partial charge in [0.15, 0.2) is 0 Å². The van der Waals surface area contributed by atoms with E-state index in [1.807, 2.05) is 0 Å². The van der Waals surface area contributed by atoms with Crippen molar-refractivity contribution in [3.05, 3.63) is 59.7 Å². The third-order valence-electron chi connectivity index (χ3n) is 2.83. The van der Waals surface area contributed by atoms with Crippen LogP contribution in [0.4, 0.5) is 0 Å². The van der Waals surface area contributed by atoms with Gasteiger partial charge in [-0.15, -0.1) is 0 Å². The van der Waals surface area contributed by atoms with Crippen LogP contribution in [0.5, 0.6) is 0 Å². The fraction of sp³-hybridized carbons (Fsp3) is 0.286. The van der Waals surface area contributed by atoms with Crippen LogP contribution >= 0.6 is 0 Å². The predicted molar refractivity (Wildman–Crippen MR) is 63.5 cm³/mol. The lowest BCUT2D eigenvalue weighted by molar-refractivity contribution is -0.684. The summed E-state index contributed by atoms with van der Waals surface area (Å²) in [5, 5.41) is 2.35. The molecule has 0 bridgehead atoms. The number of benzene rings is 1. The minimum Gasteiger partial charge on any atom is -0.334 e. The fourth-order valence-electron chi connectivity index (χ4n) is 1.79. The number of quaternary nitrogens is 1. The second-order valence-corrected chi connectivity index (χ2v) is 3.96. The molecule has 2 N–H and O–H groups in total. The van der Waals surface area contributed by atoms with E-state index in [1.165, 1.54) is 11.1 Å². The first-order valence-electron chi connectivity index (χ1n) is 5.64. The highest BCUT2D eigenvalue weighted by Crippen LogP contribution is 2.03. The molecule has 0 saturated carbocycles. The second kappa shape index (κ2) is 4.94. The maximum atomic E-state index is 2.35. The Balaban J connectivity index is 1.87. The zero-order valence-corrected chi connectivity index (χ0v) is 9.19. The molecule has 15 heavy (non-hydrogen) atoms. The van der Waals surface area contributed by atoms with Crippen molar-refractivity contribution < 1.29 is 5.32 Å². The number of nitrogens with two attached hydrogens (primary N) is 1. The highest BCUT2D eigenvalue weighted by atomic mass is 14.9. The summed E-state index contributed by atoms with van der Waals surface area (Å²) in [6, 6.07) is 9.46. The van der Waals surface area contributed by atoms with Crippen LogP contribution in [0.3, 0.4) is 0 Å². The van der Waals surface area contributed by atoms with Crippen molar-refractivity contribution in [1.29, 1.82) is 0 Å². The molecule has 0 radical (unpaired) electrons. The molecule has 0 aromatic heterocycles. The average molecular weight is 200 g/mol. The number of allylic oxidation sites excluding steroid dienone is 2. The maximum absolute atomic E-state index is 2.35. The van der Waals surface area contributed by atoms with Crippen molar-refractivity contribution in [2.45, 2.75) is 25.9 Å². The Labute approximate surface area is 91.5 Å². The highest BCUT2D eigenvalue weighted by molar-refractivity contribution is 5.22. The Morgan fingerprint density at radius 1 is 1.00 bits per heavy atom. The monoisotopic (exact) mass is 200 g/mol. The zero-order chi connectivity index (χ0) is 10.5. The Bertz CT molecular complexity index is 347. The molecule has 1 aromatic rings. The van der Waals surface area contributed by atoms with Crippen LogP contribution in [0.2, 0.25) is 0 Å². The van der Waals surface area contributed by atoms with Crippen molar-refractivity contribution >= 4 is 0 Å². The molecule has 0 fully saturated rings. The molecule has 0 spiro atoms. The molecule has 1 aliphatic rings. The minimum absolute atomic E-state index is 0.538. The van der Waals surface area contributed by atoms with Gasteiger partial charge in [-0.1, -0.05) is 43.3 Å². The van der Waals surface area contributed by atoms with Crippen LogP contribution in [0.1, 0.15) is 18.1 Å². The van der Waals surface area contributed by atoms with Crippen LogP contribution in [-0.2, 0) is 13.0 Å². The van der Waals surface area contributed by atoms with E-state index in [2.05, 4.69) is 60.8 Å². The Hall–Kier alpha value is -1.34. The number of hydrogen-bond donors (Lipinski definition) is 1. The van der Waals surface area contributed by atoms with Crippen LogP contribution in [0, 0.1) is 0 Å². The molecule has 0 aliphatic heterocycles. The average Bonchev–Trinajstić information content (AvgIpc) is 2.80. The molecule has 0 saturated heterocycles. The van der Waals surface area contributed by atoms with Crippen molar-refractivity contribution in [1.82, 2.24) is 0 Å². The summed E-state index contributed by atoms with van der Waals surface area (Å²) in [7, 11) is 0. The molecule has 0 atom stereocenters. The van der Waals surface area contributed by atoms with Crippen molar-refractivity contribution in [3.8, 4) is 0 Å². The van der Waals surface area contributed by atoms with Gasteiger partial charge in [0.25, 0.3) is 0 Å². The first-order chi connectivity index (χ1) is 7.38. The summed E-state index contributed by atoms with van der Waals surface area (Å²) >= 11 is 0. The van der Waals surface area contributed by atoms with E-state index in [4.69, 9.17) is 0 Å². The molecule has 1 heteroatoms. The number of aryl methyl sites for hydroxylation is 1. The normalized spacial score (nSPS) is 15.0. The van der Waals surface area contributed by atoms with Crippen LogP contribution < -0.4 is 5.32 Å². The summed E-state index contributed by atoms with van der Waals surface area (Å²) < 4.78 is 0. The van der Waals surface area contributed by atoms with Gasteiger partial charge in [0.2, 0.25) is 0 Å². The lowest BCUT2D eigenvalue weighted by Crippen LogP contribution is -2.87. The van der Waals surface area contributed by atoms with Gasteiger partial charge in [0.1, 0.15) is 12.6 Å². The molecule has 1 aliphatic carbocycles. The van der Waals surface area contributed by atoms with Gasteiger partial charge in [-0.3, -0.25) is 0 Å². The van der Waals surface area contributed by atoms with Gasteiger partial charge in [0, 0.05) is 5.56 Å². The summed E-state index contributed by atoms with van der Waals surface area (Å²) in [6.07, 6.45) is 9.79. The number of rotatable bonds is 4. The summed E-state index contributed by atoms with van der Waals surface area (Å²) in [6.45, 7) is 3.25. The molecule has 0 amide bonds. The number of hydrogen-bond acceptors (Lipinski definition) is 0. The quantitative estimate of drug-likeness (QED) is 0.763. The summed E-state index contributed by atoms with van der Waals surface area (Å²) in [5.74, 6) is 0. The van der Waals surface area contributed by atoms with Gasteiger partial charge >= 0.3 is 0 Å². The molecule has 1 aromatic carbocycles. The standard InChI is InChI=1S/C14H17N/c1-2-12-7-9-13(10-8-12)11-15-14-5-3-4-6-14/h3-10,14-15H,2,11H2,1H3/p+1. The lowest BCUT2D eigenvalue weighted by atomic mass is 10.1. The molecular weight excluding hydrogens is 182 g/mol. The summed E-state index contributed by atoms with van der Waals surface area (Å²) in [5.41, 5.74) is 2.82. The van der Waals surface area contributed by atoms with E-state index >= 15 is 0 Å².